The van der Waals surface area contributed by atoms with Gasteiger partial charge in [0.1, 0.15) is 6.04 Å². The van der Waals surface area contributed by atoms with Crippen molar-refractivity contribution in [1.29, 1.82) is 0 Å². The van der Waals surface area contributed by atoms with Crippen molar-refractivity contribution in [2.45, 2.75) is 45.7 Å². The summed E-state index contributed by atoms with van der Waals surface area (Å²) in [7, 11) is 0. The van der Waals surface area contributed by atoms with Crippen LogP contribution in [0.25, 0.3) is 0 Å². The van der Waals surface area contributed by atoms with E-state index < -0.39 is 35.3 Å². The number of hydrogen-bond donors (Lipinski definition) is 3. The number of piperazine rings is 1. The molecule has 114 valence electrons. The van der Waals surface area contributed by atoms with Crippen molar-refractivity contribution in [3.8, 4) is 0 Å². The van der Waals surface area contributed by atoms with Gasteiger partial charge < -0.3 is 21.1 Å². The third-order valence-corrected chi connectivity index (χ3v) is 4.11. The Morgan fingerprint density at radius 2 is 1.95 bits per heavy atom. The van der Waals surface area contributed by atoms with Crippen LogP contribution in [0.15, 0.2) is 0 Å². The minimum atomic E-state index is -1.12. The number of amides is 2. The molecule has 1 unspecified atom stereocenters. The van der Waals surface area contributed by atoms with Gasteiger partial charge in [-0.3, -0.25) is 14.4 Å². The first-order valence-electron chi connectivity index (χ1n) is 6.58. The zero-order valence-electron chi connectivity index (χ0n) is 12.4. The summed E-state index contributed by atoms with van der Waals surface area (Å²) in [4.78, 5) is 36.7. The fourth-order valence-electron chi connectivity index (χ4n) is 1.96. The van der Waals surface area contributed by atoms with Crippen molar-refractivity contribution in [1.82, 2.24) is 10.2 Å². The first-order valence-corrected chi connectivity index (χ1v) is 6.58. The molecule has 1 rings (SSSR count). The van der Waals surface area contributed by atoms with Gasteiger partial charge in [-0.1, -0.05) is 0 Å². The van der Waals surface area contributed by atoms with Crippen LogP contribution < -0.4 is 11.1 Å². The monoisotopic (exact) mass is 285 g/mol. The lowest BCUT2D eigenvalue weighted by molar-refractivity contribution is -0.155. The van der Waals surface area contributed by atoms with E-state index in [9.17, 15) is 14.4 Å². The van der Waals surface area contributed by atoms with Crippen LogP contribution in [0.5, 0.6) is 0 Å². The van der Waals surface area contributed by atoms with Gasteiger partial charge in [0.2, 0.25) is 11.8 Å². The van der Waals surface area contributed by atoms with E-state index in [0.29, 0.717) is 13.1 Å². The first-order chi connectivity index (χ1) is 8.98. The van der Waals surface area contributed by atoms with E-state index in [4.69, 9.17) is 10.8 Å². The number of hydrogen-bond acceptors (Lipinski definition) is 4. The second kappa shape index (κ2) is 5.40. The molecule has 1 aliphatic heterocycles. The van der Waals surface area contributed by atoms with E-state index in [-0.39, 0.29) is 5.91 Å². The molecule has 1 atom stereocenters. The van der Waals surface area contributed by atoms with E-state index >= 15 is 0 Å². The molecule has 0 aromatic carbocycles. The molecule has 2 amide bonds. The molecule has 0 aromatic heterocycles. The van der Waals surface area contributed by atoms with Crippen LogP contribution >= 0.6 is 0 Å². The summed E-state index contributed by atoms with van der Waals surface area (Å²) in [5, 5.41) is 11.5. The van der Waals surface area contributed by atoms with E-state index in [0.717, 1.165) is 0 Å². The highest BCUT2D eigenvalue weighted by Crippen LogP contribution is 2.32. The highest BCUT2D eigenvalue weighted by Gasteiger charge is 2.46. The molecule has 1 heterocycles. The summed E-state index contributed by atoms with van der Waals surface area (Å²) in [6.07, 6.45) is -0.404. The summed E-state index contributed by atoms with van der Waals surface area (Å²) in [5.74, 6) is -1.85. The average Bonchev–Trinajstić information content (AvgIpc) is 2.28. The predicted octanol–water partition coefficient (Wildman–Crippen LogP) is -0.448. The highest BCUT2D eigenvalue weighted by molar-refractivity contribution is 5.93. The van der Waals surface area contributed by atoms with Crippen molar-refractivity contribution >= 4 is 17.8 Å². The third kappa shape index (κ3) is 3.09. The molecule has 4 N–H and O–H groups in total. The Balaban J connectivity index is 3.04. The summed E-state index contributed by atoms with van der Waals surface area (Å²) in [6, 6.07) is -0.977. The molecule has 0 aliphatic carbocycles. The Bertz CT molecular complexity index is 426. The maximum Gasteiger partial charge on any atom is 0.305 e. The van der Waals surface area contributed by atoms with Crippen molar-refractivity contribution in [3.63, 3.8) is 0 Å². The molecule has 1 saturated heterocycles. The summed E-state index contributed by atoms with van der Waals surface area (Å²) >= 11 is 0. The smallest absolute Gasteiger partial charge is 0.305 e. The molecule has 0 aromatic rings. The molecule has 0 saturated carbocycles. The van der Waals surface area contributed by atoms with Crippen LogP contribution in [0, 0.1) is 5.41 Å². The molecule has 0 radical (unpaired) electrons. The third-order valence-electron chi connectivity index (χ3n) is 4.11. The second-order valence-corrected chi connectivity index (χ2v) is 6.25. The largest absolute Gasteiger partial charge is 0.481 e. The fraction of sp³-hybridized carbons (Fsp3) is 0.769. The summed E-state index contributed by atoms with van der Waals surface area (Å²) < 4.78 is 0. The van der Waals surface area contributed by atoms with Crippen LogP contribution in [0.1, 0.15) is 34.1 Å². The zero-order valence-corrected chi connectivity index (χ0v) is 12.4. The molecule has 20 heavy (non-hydrogen) atoms. The van der Waals surface area contributed by atoms with Gasteiger partial charge in [-0.15, -0.1) is 0 Å². The number of aliphatic carboxylic acids is 1. The molecule has 0 spiro atoms. The van der Waals surface area contributed by atoms with Crippen LogP contribution in [-0.2, 0) is 14.4 Å². The van der Waals surface area contributed by atoms with Gasteiger partial charge in [-0.2, -0.15) is 0 Å². The topological polar surface area (TPSA) is 113 Å². The van der Waals surface area contributed by atoms with Crippen LogP contribution in [-0.4, -0.2) is 52.5 Å². The van der Waals surface area contributed by atoms with E-state index in [1.807, 2.05) is 0 Å². The van der Waals surface area contributed by atoms with Gasteiger partial charge in [0.15, 0.2) is 0 Å². The standard InChI is InChI=1S/C13H23N3O4/c1-12(2,13(3,4)14)11(20)16-6-5-15-10(19)8(16)7-9(17)18/h8H,5-7,14H2,1-4H3,(H,15,19)(H,17,18). The lowest BCUT2D eigenvalue weighted by Crippen LogP contribution is -2.64. The van der Waals surface area contributed by atoms with E-state index in [2.05, 4.69) is 5.32 Å². The van der Waals surface area contributed by atoms with Gasteiger partial charge >= 0.3 is 5.97 Å². The molecular formula is C13H23N3O4. The van der Waals surface area contributed by atoms with Gasteiger partial charge in [0.25, 0.3) is 0 Å². The molecule has 1 aliphatic rings. The minimum absolute atomic E-state index is 0.294. The average molecular weight is 285 g/mol. The minimum Gasteiger partial charge on any atom is -0.481 e. The lowest BCUT2D eigenvalue weighted by Gasteiger charge is -2.44. The predicted molar refractivity (Wildman–Crippen MR) is 72.8 cm³/mol. The van der Waals surface area contributed by atoms with Crippen LogP contribution in [0.4, 0.5) is 0 Å². The summed E-state index contributed by atoms with van der Waals surface area (Å²) in [5.41, 5.74) is 4.35. The normalized spacial score (nSPS) is 20.6. The second-order valence-electron chi connectivity index (χ2n) is 6.25. The molecule has 1 fully saturated rings. The van der Waals surface area contributed by atoms with Crippen molar-refractivity contribution < 1.29 is 19.5 Å². The number of carbonyl (C=O) groups excluding carboxylic acids is 2. The first kappa shape index (κ1) is 16.4. The number of nitrogens with two attached hydrogens (primary N) is 1. The van der Waals surface area contributed by atoms with Crippen LogP contribution in [0.2, 0.25) is 0 Å². The van der Waals surface area contributed by atoms with Gasteiger partial charge in [-0.25, -0.2) is 0 Å². The van der Waals surface area contributed by atoms with Crippen molar-refractivity contribution in [2.75, 3.05) is 13.1 Å². The number of nitrogens with zero attached hydrogens (tertiary/aromatic N) is 1. The number of nitrogens with one attached hydrogen (secondary N) is 1. The van der Waals surface area contributed by atoms with Gasteiger partial charge in [0.05, 0.1) is 11.8 Å². The van der Waals surface area contributed by atoms with Gasteiger partial charge in [0, 0.05) is 18.6 Å². The Hall–Kier alpha value is -1.63. The van der Waals surface area contributed by atoms with Crippen molar-refractivity contribution in [2.24, 2.45) is 11.1 Å². The number of carboxylic acids is 1. The quantitative estimate of drug-likeness (QED) is 0.647. The fourth-order valence-corrected chi connectivity index (χ4v) is 1.96. The Labute approximate surface area is 118 Å². The number of carboxylic acid groups (broad SMARTS) is 1. The van der Waals surface area contributed by atoms with E-state index in [1.165, 1.54) is 4.90 Å². The van der Waals surface area contributed by atoms with Crippen molar-refractivity contribution in [3.05, 3.63) is 0 Å². The van der Waals surface area contributed by atoms with Crippen LogP contribution in [0.3, 0.4) is 0 Å². The Morgan fingerprint density at radius 1 is 1.40 bits per heavy atom. The molecule has 7 nitrogen and oxygen atoms in total. The maximum absolute atomic E-state index is 12.7. The maximum atomic E-state index is 12.7. The SMILES string of the molecule is CC(C)(N)C(C)(C)C(=O)N1CCNC(=O)C1CC(=O)O. The molecular weight excluding hydrogens is 262 g/mol. The Morgan fingerprint density at radius 3 is 2.40 bits per heavy atom. The zero-order chi connectivity index (χ0) is 15.7. The molecule has 7 heteroatoms. The lowest BCUT2D eigenvalue weighted by atomic mass is 9.73. The summed E-state index contributed by atoms with van der Waals surface area (Å²) in [6.45, 7) is 7.51. The van der Waals surface area contributed by atoms with Gasteiger partial charge in [-0.05, 0) is 27.7 Å². The number of rotatable bonds is 4. The number of carbonyl (C=O) groups is 3. The van der Waals surface area contributed by atoms with E-state index in [1.54, 1.807) is 27.7 Å². The Kier molecular flexibility index (Phi) is 4.43. The molecule has 0 bridgehead atoms. The highest BCUT2D eigenvalue weighted by atomic mass is 16.4.